The highest BCUT2D eigenvalue weighted by atomic mass is 16.6. The van der Waals surface area contributed by atoms with Crippen LogP contribution in [0, 0.1) is 11.8 Å². The monoisotopic (exact) mass is 400 g/mol. The summed E-state index contributed by atoms with van der Waals surface area (Å²) in [5.74, 6) is -0.148. The van der Waals surface area contributed by atoms with Gasteiger partial charge in [-0.15, -0.1) is 0 Å². The van der Waals surface area contributed by atoms with Crippen molar-refractivity contribution < 1.29 is 19.7 Å². The molecule has 0 aliphatic rings. The van der Waals surface area contributed by atoms with Crippen LogP contribution in [0.2, 0.25) is 0 Å². The Morgan fingerprint density at radius 2 is 1.18 bits per heavy atom. The van der Waals surface area contributed by atoms with Crippen molar-refractivity contribution in [3.8, 4) is 0 Å². The van der Waals surface area contributed by atoms with Crippen molar-refractivity contribution in [2.24, 2.45) is 11.8 Å². The third-order valence-corrected chi connectivity index (χ3v) is 5.39. The van der Waals surface area contributed by atoms with Gasteiger partial charge in [0.05, 0.1) is 5.92 Å². The molecule has 168 valence electrons. The number of esters is 1. The van der Waals surface area contributed by atoms with Gasteiger partial charge in [-0.3, -0.25) is 4.79 Å². The molecule has 0 saturated carbocycles. The summed E-state index contributed by atoms with van der Waals surface area (Å²) in [5.41, 5.74) is 0. The molecule has 0 aromatic heterocycles. The van der Waals surface area contributed by atoms with E-state index in [1.54, 1.807) is 0 Å². The third-order valence-electron chi connectivity index (χ3n) is 5.39. The van der Waals surface area contributed by atoms with E-state index in [0.29, 0.717) is 5.92 Å². The lowest BCUT2D eigenvalue weighted by Crippen LogP contribution is -2.32. The molecule has 0 radical (unpaired) electrons. The van der Waals surface area contributed by atoms with Crippen LogP contribution in [-0.2, 0) is 9.53 Å². The van der Waals surface area contributed by atoms with Crippen molar-refractivity contribution >= 4 is 5.97 Å². The minimum absolute atomic E-state index is 0.180. The van der Waals surface area contributed by atoms with Crippen LogP contribution >= 0.6 is 0 Å². The van der Waals surface area contributed by atoms with Crippen molar-refractivity contribution in [2.75, 3.05) is 0 Å². The number of aliphatic hydroxyl groups is 2. The minimum Gasteiger partial charge on any atom is -0.433 e. The van der Waals surface area contributed by atoms with E-state index in [2.05, 4.69) is 20.8 Å². The molecule has 0 spiro atoms. The molecule has 0 aromatic carbocycles. The number of carbonyl (C=O) groups excluding carboxylic acids is 1. The van der Waals surface area contributed by atoms with Crippen LogP contribution in [0.3, 0.4) is 0 Å². The summed E-state index contributed by atoms with van der Waals surface area (Å²) >= 11 is 0. The maximum absolute atomic E-state index is 12.2. The smallest absolute Gasteiger partial charge is 0.311 e. The third kappa shape index (κ3) is 16.4. The van der Waals surface area contributed by atoms with E-state index >= 15 is 0 Å². The zero-order valence-corrected chi connectivity index (χ0v) is 19.1. The predicted molar refractivity (Wildman–Crippen MR) is 117 cm³/mol. The molecule has 0 fully saturated rings. The van der Waals surface area contributed by atoms with E-state index in [1.165, 1.54) is 77.6 Å². The summed E-state index contributed by atoms with van der Waals surface area (Å²) in [7, 11) is 0. The maximum atomic E-state index is 12.2. The van der Waals surface area contributed by atoms with Crippen LogP contribution in [0.25, 0.3) is 0 Å². The van der Waals surface area contributed by atoms with Gasteiger partial charge in [0.15, 0.2) is 0 Å². The lowest BCUT2D eigenvalue weighted by atomic mass is 9.91. The minimum atomic E-state index is -1.42. The van der Waals surface area contributed by atoms with Gasteiger partial charge in [-0.2, -0.15) is 0 Å². The molecular weight excluding hydrogens is 352 g/mol. The highest BCUT2D eigenvalue weighted by Gasteiger charge is 2.25. The molecule has 4 nitrogen and oxygen atoms in total. The molecule has 0 saturated heterocycles. The van der Waals surface area contributed by atoms with Gasteiger partial charge in [0.25, 0.3) is 0 Å². The summed E-state index contributed by atoms with van der Waals surface area (Å²) in [4.78, 5) is 12.2. The van der Waals surface area contributed by atoms with E-state index in [0.717, 1.165) is 25.7 Å². The van der Waals surface area contributed by atoms with Crippen molar-refractivity contribution in [3.63, 3.8) is 0 Å². The number of unbranched alkanes of at least 4 members (excludes halogenated alkanes) is 12. The molecule has 3 atom stereocenters. The Hall–Kier alpha value is -0.610. The van der Waals surface area contributed by atoms with E-state index in [4.69, 9.17) is 4.74 Å². The summed E-state index contributed by atoms with van der Waals surface area (Å²) in [6, 6.07) is 0. The first-order valence-electron chi connectivity index (χ1n) is 11.9. The average Bonchev–Trinajstić information content (AvgIpc) is 2.63. The Labute approximate surface area is 174 Å². The largest absolute Gasteiger partial charge is 0.433 e. The number of hydrogen-bond donors (Lipinski definition) is 2. The summed E-state index contributed by atoms with van der Waals surface area (Å²) in [6.07, 6.45) is 16.2. The first kappa shape index (κ1) is 27.4. The van der Waals surface area contributed by atoms with E-state index in [-0.39, 0.29) is 11.9 Å². The molecule has 4 heteroatoms. The van der Waals surface area contributed by atoms with Crippen molar-refractivity contribution in [2.45, 2.75) is 136 Å². The van der Waals surface area contributed by atoms with Crippen LogP contribution in [-0.4, -0.2) is 28.6 Å². The molecule has 0 aliphatic carbocycles. The Kier molecular flexibility index (Phi) is 18.0. The zero-order chi connectivity index (χ0) is 21.2. The van der Waals surface area contributed by atoms with Gasteiger partial charge < -0.3 is 14.9 Å². The Bertz CT molecular complexity index is 355. The molecule has 0 bridgehead atoms. The summed E-state index contributed by atoms with van der Waals surface area (Å²) in [6.45, 7) is 7.87. The molecule has 0 aromatic rings. The highest BCUT2D eigenvalue weighted by Crippen LogP contribution is 2.22. The Morgan fingerprint density at radius 3 is 1.57 bits per heavy atom. The quantitative estimate of drug-likeness (QED) is 0.150. The summed E-state index contributed by atoms with van der Waals surface area (Å²) in [5, 5.41) is 18.9. The lowest BCUT2D eigenvalue weighted by Gasteiger charge is -2.21. The van der Waals surface area contributed by atoms with Gasteiger partial charge in [-0.25, -0.2) is 0 Å². The van der Waals surface area contributed by atoms with Crippen LogP contribution in [0.4, 0.5) is 0 Å². The predicted octanol–water partition coefficient (Wildman–Crippen LogP) is 6.37. The molecule has 28 heavy (non-hydrogen) atoms. The lowest BCUT2D eigenvalue weighted by molar-refractivity contribution is -0.189. The van der Waals surface area contributed by atoms with Crippen LogP contribution in [0.5, 0.6) is 0 Å². The van der Waals surface area contributed by atoms with Gasteiger partial charge in [0, 0.05) is 0 Å². The van der Waals surface area contributed by atoms with Gasteiger partial charge in [-0.05, 0) is 25.7 Å². The first-order valence-corrected chi connectivity index (χ1v) is 11.9. The summed E-state index contributed by atoms with van der Waals surface area (Å²) < 4.78 is 5.01. The van der Waals surface area contributed by atoms with Gasteiger partial charge >= 0.3 is 5.97 Å². The number of hydrogen-bond acceptors (Lipinski definition) is 4. The van der Waals surface area contributed by atoms with Crippen molar-refractivity contribution in [3.05, 3.63) is 0 Å². The number of ether oxygens (including phenoxy) is 1. The van der Waals surface area contributed by atoms with Crippen LogP contribution in [0.15, 0.2) is 0 Å². The number of carbonyl (C=O) groups is 1. The topological polar surface area (TPSA) is 66.8 Å². The first-order chi connectivity index (χ1) is 13.4. The Morgan fingerprint density at radius 1 is 0.750 bits per heavy atom. The number of rotatable bonds is 19. The molecule has 2 N–H and O–H groups in total. The zero-order valence-electron chi connectivity index (χ0n) is 19.1. The SMILES string of the molecule is CCCCCCCCCCCCCCCC(CC(C)C)C(=O)OC(O)C(C)O. The molecule has 0 heterocycles. The second kappa shape index (κ2) is 18.4. The van der Waals surface area contributed by atoms with Crippen LogP contribution < -0.4 is 0 Å². The fourth-order valence-electron chi connectivity index (χ4n) is 3.62. The Balaban J connectivity index is 3.75. The highest BCUT2D eigenvalue weighted by molar-refractivity contribution is 5.72. The average molecular weight is 401 g/mol. The molecule has 0 rings (SSSR count). The molecule has 3 unspecified atom stereocenters. The van der Waals surface area contributed by atoms with Crippen molar-refractivity contribution in [1.82, 2.24) is 0 Å². The number of aliphatic hydroxyl groups excluding tert-OH is 2. The van der Waals surface area contributed by atoms with E-state index < -0.39 is 12.4 Å². The maximum Gasteiger partial charge on any atom is 0.311 e. The van der Waals surface area contributed by atoms with Gasteiger partial charge in [0.1, 0.15) is 6.10 Å². The van der Waals surface area contributed by atoms with Crippen LogP contribution in [0.1, 0.15) is 124 Å². The fourth-order valence-corrected chi connectivity index (χ4v) is 3.62. The van der Waals surface area contributed by atoms with Crippen molar-refractivity contribution in [1.29, 1.82) is 0 Å². The normalized spacial score (nSPS) is 14.8. The van der Waals surface area contributed by atoms with E-state index in [1.807, 2.05) is 0 Å². The second-order valence-corrected chi connectivity index (χ2v) is 8.93. The standard InChI is InChI=1S/C24H48O4/c1-5-6-7-8-9-10-11-12-13-14-15-16-17-18-22(19-20(2)3)24(27)28-23(26)21(4)25/h20-23,25-26H,5-19H2,1-4H3. The van der Waals surface area contributed by atoms with Gasteiger partial charge in [-0.1, -0.05) is 104 Å². The second-order valence-electron chi connectivity index (χ2n) is 8.93. The fraction of sp³-hybridized carbons (Fsp3) is 0.958. The van der Waals surface area contributed by atoms with E-state index in [9.17, 15) is 15.0 Å². The van der Waals surface area contributed by atoms with Gasteiger partial charge in [0.2, 0.25) is 6.29 Å². The molecule has 0 amide bonds. The molecule has 0 aliphatic heterocycles. The molecular formula is C24H48O4.